The molecule has 26 heavy (non-hydrogen) atoms. The Morgan fingerprint density at radius 2 is 2.04 bits per heavy atom. The smallest absolute Gasteiger partial charge is 0.275 e. The highest BCUT2D eigenvalue weighted by atomic mass is 16.1. The van der Waals surface area contributed by atoms with E-state index >= 15 is 0 Å². The van der Waals surface area contributed by atoms with E-state index in [2.05, 4.69) is 25.5 Å². The topological polar surface area (TPSA) is 114 Å². The van der Waals surface area contributed by atoms with Gasteiger partial charge in [0.15, 0.2) is 5.69 Å². The molecule has 4 aromatic rings. The van der Waals surface area contributed by atoms with Gasteiger partial charge in [0.1, 0.15) is 17.5 Å². The zero-order valence-electron chi connectivity index (χ0n) is 13.7. The van der Waals surface area contributed by atoms with Crippen LogP contribution in [0.5, 0.6) is 0 Å². The number of nitriles is 1. The van der Waals surface area contributed by atoms with Crippen molar-refractivity contribution in [1.82, 2.24) is 29.5 Å². The summed E-state index contributed by atoms with van der Waals surface area (Å²) in [5.74, 6) is -0.409. The highest BCUT2D eigenvalue weighted by molar-refractivity contribution is 6.03. The first-order valence-corrected chi connectivity index (χ1v) is 7.64. The molecule has 0 spiro atoms. The Hall–Kier alpha value is -4.06. The number of anilines is 1. The van der Waals surface area contributed by atoms with Crippen LogP contribution in [-0.4, -0.2) is 35.4 Å². The largest absolute Gasteiger partial charge is 0.321 e. The number of nitrogens with one attached hydrogen (secondary N) is 1. The summed E-state index contributed by atoms with van der Waals surface area (Å²) >= 11 is 0. The third-order valence-corrected chi connectivity index (χ3v) is 3.76. The highest BCUT2D eigenvalue weighted by Crippen LogP contribution is 2.22. The minimum atomic E-state index is -0.409. The van der Waals surface area contributed by atoms with Crippen molar-refractivity contribution in [3.63, 3.8) is 0 Å². The van der Waals surface area contributed by atoms with Crippen LogP contribution in [-0.2, 0) is 7.05 Å². The molecule has 0 aliphatic rings. The molecule has 0 bridgehead atoms. The van der Waals surface area contributed by atoms with Crippen molar-refractivity contribution < 1.29 is 4.79 Å². The van der Waals surface area contributed by atoms with E-state index in [-0.39, 0.29) is 11.4 Å². The Balaban J connectivity index is 1.64. The average Bonchev–Trinajstić information content (AvgIpc) is 3.27. The number of carbonyl (C=O) groups excluding carboxylic acids is 1. The second kappa shape index (κ2) is 6.10. The van der Waals surface area contributed by atoms with E-state index in [4.69, 9.17) is 5.26 Å². The molecule has 126 valence electrons. The van der Waals surface area contributed by atoms with Crippen LogP contribution in [0.2, 0.25) is 0 Å². The predicted molar refractivity (Wildman–Crippen MR) is 92.5 cm³/mol. The number of aromatic nitrogens is 6. The second-order valence-corrected chi connectivity index (χ2v) is 5.55. The lowest BCUT2D eigenvalue weighted by Gasteiger charge is -2.06. The third-order valence-electron chi connectivity index (χ3n) is 3.76. The van der Waals surface area contributed by atoms with Crippen LogP contribution in [0.1, 0.15) is 16.2 Å². The Bertz CT molecular complexity index is 1150. The van der Waals surface area contributed by atoms with Gasteiger partial charge >= 0.3 is 0 Å². The standard InChI is InChI=1S/C17H12N8O/c1-24-10-14(8-21-24)25-16-4-12(3-2-11(16)6-22-25)23-17(26)15-9-19-13(5-18)7-20-15/h2-4,6-10H,1H3,(H,23,26). The number of benzene rings is 1. The summed E-state index contributed by atoms with van der Waals surface area (Å²) in [5, 5.41) is 21.0. The van der Waals surface area contributed by atoms with Crippen molar-refractivity contribution in [2.24, 2.45) is 7.05 Å². The SMILES string of the molecule is Cn1cc(-n2ncc3ccc(NC(=O)c4cnc(C#N)cn4)cc32)cn1. The lowest BCUT2D eigenvalue weighted by molar-refractivity contribution is 0.102. The summed E-state index contributed by atoms with van der Waals surface area (Å²) in [4.78, 5) is 20.1. The van der Waals surface area contributed by atoms with Gasteiger partial charge in [0, 0.05) is 18.1 Å². The maximum atomic E-state index is 12.3. The van der Waals surface area contributed by atoms with Gasteiger partial charge in [0.05, 0.1) is 36.5 Å². The molecular weight excluding hydrogens is 332 g/mol. The molecule has 0 saturated carbocycles. The Kier molecular flexibility index (Phi) is 3.63. The van der Waals surface area contributed by atoms with Gasteiger partial charge < -0.3 is 5.32 Å². The van der Waals surface area contributed by atoms with Crippen LogP contribution in [0.4, 0.5) is 5.69 Å². The molecule has 1 N–H and O–H groups in total. The number of carbonyl (C=O) groups is 1. The number of amides is 1. The molecule has 1 aromatic carbocycles. The molecule has 0 saturated heterocycles. The Morgan fingerprint density at radius 3 is 2.73 bits per heavy atom. The van der Waals surface area contributed by atoms with E-state index in [1.54, 1.807) is 27.8 Å². The van der Waals surface area contributed by atoms with Crippen LogP contribution in [0.3, 0.4) is 0 Å². The molecule has 0 radical (unpaired) electrons. The van der Waals surface area contributed by atoms with E-state index in [1.165, 1.54) is 12.4 Å². The van der Waals surface area contributed by atoms with Gasteiger partial charge in [-0.2, -0.15) is 15.5 Å². The van der Waals surface area contributed by atoms with Crippen molar-refractivity contribution in [1.29, 1.82) is 5.26 Å². The number of rotatable bonds is 3. The normalized spacial score (nSPS) is 10.6. The second-order valence-electron chi connectivity index (χ2n) is 5.55. The predicted octanol–water partition coefficient (Wildman–Crippen LogP) is 1.67. The highest BCUT2D eigenvalue weighted by Gasteiger charge is 2.11. The summed E-state index contributed by atoms with van der Waals surface area (Å²) in [7, 11) is 1.83. The minimum Gasteiger partial charge on any atom is -0.321 e. The van der Waals surface area contributed by atoms with Gasteiger partial charge in [-0.15, -0.1) is 0 Å². The molecule has 0 unspecified atom stereocenters. The first-order chi connectivity index (χ1) is 12.6. The lowest BCUT2D eigenvalue weighted by Crippen LogP contribution is -2.14. The molecule has 0 aliphatic carbocycles. The number of hydrogen-bond acceptors (Lipinski definition) is 6. The summed E-state index contributed by atoms with van der Waals surface area (Å²) in [6.45, 7) is 0. The van der Waals surface area contributed by atoms with Gasteiger partial charge in [-0.25, -0.2) is 14.6 Å². The van der Waals surface area contributed by atoms with E-state index in [0.29, 0.717) is 5.69 Å². The molecular formula is C17H12N8O. The van der Waals surface area contributed by atoms with Crippen molar-refractivity contribution in [2.45, 2.75) is 0 Å². The van der Waals surface area contributed by atoms with Crippen LogP contribution in [0.25, 0.3) is 16.6 Å². The molecule has 0 atom stereocenters. The fourth-order valence-electron chi connectivity index (χ4n) is 2.52. The summed E-state index contributed by atoms with van der Waals surface area (Å²) in [6.07, 6.45) is 7.84. The molecule has 4 rings (SSSR count). The lowest BCUT2D eigenvalue weighted by atomic mass is 10.2. The van der Waals surface area contributed by atoms with Crippen LogP contribution < -0.4 is 5.32 Å². The van der Waals surface area contributed by atoms with Crippen molar-refractivity contribution >= 4 is 22.5 Å². The molecule has 3 heterocycles. The number of aryl methyl sites for hydroxylation is 1. The fraction of sp³-hybridized carbons (Fsp3) is 0.0588. The summed E-state index contributed by atoms with van der Waals surface area (Å²) < 4.78 is 3.44. The quantitative estimate of drug-likeness (QED) is 0.604. The van der Waals surface area contributed by atoms with Gasteiger partial charge in [-0.3, -0.25) is 9.48 Å². The van der Waals surface area contributed by atoms with Gasteiger partial charge in [-0.05, 0) is 18.2 Å². The number of nitrogens with zero attached hydrogens (tertiary/aromatic N) is 7. The fourth-order valence-corrected chi connectivity index (χ4v) is 2.52. The molecule has 3 aromatic heterocycles. The van der Waals surface area contributed by atoms with Crippen molar-refractivity contribution in [3.05, 3.63) is 60.6 Å². The first-order valence-electron chi connectivity index (χ1n) is 7.64. The number of hydrogen-bond donors (Lipinski definition) is 1. The monoisotopic (exact) mass is 344 g/mol. The zero-order chi connectivity index (χ0) is 18.1. The maximum absolute atomic E-state index is 12.3. The van der Waals surface area contributed by atoms with Gasteiger partial charge in [-0.1, -0.05) is 0 Å². The molecule has 9 heteroatoms. The average molecular weight is 344 g/mol. The van der Waals surface area contributed by atoms with Gasteiger partial charge in [0.25, 0.3) is 5.91 Å². The molecule has 1 amide bonds. The van der Waals surface area contributed by atoms with E-state index in [9.17, 15) is 4.79 Å². The maximum Gasteiger partial charge on any atom is 0.275 e. The first kappa shape index (κ1) is 15.5. The van der Waals surface area contributed by atoms with E-state index in [0.717, 1.165) is 16.6 Å². The third kappa shape index (κ3) is 2.76. The summed E-state index contributed by atoms with van der Waals surface area (Å²) in [5.41, 5.74) is 2.54. The molecule has 0 fully saturated rings. The van der Waals surface area contributed by atoms with Crippen molar-refractivity contribution in [3.8, 4) is 11.8 Å². The van der Waals surface area contributed by atoms with E-state index < -0.39 is 5.91 Å². The van der Waals surface area contributed by atoms with Crippen LogP contribution in [0.15, 0.2) is 49.2 Å². The zero-order valence-corrected chi connectivity index (χ0v) is 13.7. The molecule has 0 aliphatic heterocycles. The van der Waals surface area contributed by atoms with Crippen LogP contribution >= 0.6 is 0 Å². The van der Waals surface area contributed by atoms with Crippen LogP contribution in [0, 0.1) is 11.3 Å². The van der Waals surface area contributed by atoms with Gasteiger partial charge in [0.2, 0.25) is 0 Å². The summed E-state index contributed by atoms with van der Waals surface area (Å²) in [6, 6.07) is 7.34. The Labute approximate surface area is 147 Å². The minimum absolute atomic E-state index is 0.130. The Morgan fingerprint density at radius 1 is 1.15 bits per heavy atom. The van der Waals surface area contributed by atoms with E-state index in [1.807, 2.05) is 31.4 Å². The number of fused-ring (bicyclic) bond motifs is 1. The van der Waals surface area contributed by atoms with Crippen molar-refractivity contribution in [2.75, 3.05) is 5.32 Å². The molecule has 9 nitrogen and oxygen atoms in total.